The molecular formula is C6H6N3O4S-. The molecule has 0 aliphatic heterocycles. The van der Waals surface area contributed by atoms with Crippen molar-refractivity contribution in [3.63, 3.8) is 0 Å². The van der Waals surface area contributed by atoms with E-state index in [4.69, 9.17) is 5.73 Å². The molecule has 76 valence electrons. The fourth-order valence-electron chi connectivity index (χ4n) is 0.847. The minimum Gasteiger partial charge on any atom is -0.398 e. The molecule has 7 nitrogen and oxygen atoms in total. The highest BCUT2D eigenvalue weighted by molar-refractivity contribution is 7.93. The normalized spacial score (nSPS) is 10.9. The standard InChI is InChI=1S/C6H6N3O4S/c7-5-3-1-2-4-6(5)14(12,13)8-9(10)11/h1-4H,7H2/q-1. The van der Waals surface area contributed by atoms with Gasteiger partial charge in [0, 0.05) is 5.69 Å². The molecule has 1 aromatic rings. The molecule has 0 bridgehead atoms. The third kappa shape index (κ3) is 2.10. The molecule has 0 radical (unpaired) electrons. The zero-order valence-corrected chi connectivity index (χ0v) is 7.64. The molecule has 0 spiro atoms. The molecule has 0 atom stereocenters. The van der Waals surface area contributed by atoms with Gasteiger partial charge in [-0.1, -0.05) is 12.1 Å². The monoisotopic (exact) mass is 216 g/mol. The highest BCUT2D eigenvalue weighted by atomic mass is 32.2. The number of nitro groups is 1. The number of para-hydroxylation sites is 1. The Balaban J connectivity index is 3.17. The maximum atomic E-state index is 11.2. The summed E-state index contributed by atoms with van der Waals surface area (Å²) in [6, 6.07) is 5.39. The topological polar surface area (TPSA) is 117 Å². The summed E-state index contributed by atoms with van der Waals surface area (Å²) < 4.78 is 22.4. The Bertz CT molecular complexity index is 456. The van der Waals surface area contributed by atoms with Crippen molar-refractivity contribution in [3.05, 3.63) is 39.2 Å². The van der Waals surface area contributed by atoms with Crippen molar-refractivity contribution in [3.8, 4) is 0 Å². The predicted molar refractivity (Wildman–Crippen MR) is 48.4 cm³/mol. The van der Waals surface area contributed by atoms with Gasteiger partial charge in [-0.15, -0.1) is 0 Å². The molecule has 0 aliphatic rings. The van der Waals surface area contributed by atoms with E-state index >= 15 is 0 Å². The molecule has 0 heterocycles. The number of hydrogen-bond acceptors (Lipinski definition) is 5. The predicted octanol–water partition coefficient (Wildman–Crippen LogP) is 0.523. The van der Waals surface area contributed by atoms with Crippen molar-refractivity contribution >= 4 is 15.7 Å². The Hall–Kier alpha value is -1.83. The molecule has 14 heavy (non-hydrogen) atoms. The second kappa shape index (κ2) is 3.50. The minimum absolute atomic E-state index is 0.0712. The molecular weight excluding hydrogens is 210 g/mol. The summed E-state index contributed by atoms with van der Waals surface area (Å²) in [5, 5.41) is 8.64. The average molecular weight is 216 g/mol. The van der Waals surface area contributed by atoms with Gasteiger partial charge in [-0.2, -0.15) is 0 Å². The average Bonchev–Trinajstić information content (AvgIpc) is 2.02. The fraction of sp³-hybridized carbons (Fsp3) is 0. The Kier molecular flexibility index (Phi) is 2.56. The summed E-state index contributed by atoms with van der Waals surface area (Å²) in [6.07, 6.45) is 0. The first-order valence-corrected chi connectivity index (χ1v) is 4.84. The highest BCUT2D eigenvalue weighted by Crippen LogP contribution is 2.22. The van der Waals surface area contributed by atoms with Crippen LogP contribution in [-0.4, -0.2) is 13.5 Å². The van der Waals surface area contributed by atoms with Gasteiger partial charge in [0.1, 0.15) is 0 Å². The summed E-state index contributed by atoms with van der Waals surface area (Å²) in [5.41, 5.74) is 5.25. The summed E-state index contributed by atoms with van der Waals surface area (Å²) in [4.78, 5) is 11.9. The van der Waals surface area contributed by atoms with E-state index in [9.17, 15) is 18.5 Å². The Morgan fingerprint density at radius 1 is 1.36 bits per heavy atom. The number of anilines is 1. The minimum atomic E-state index is -4.29. The SMILES string of the molecule is Nc1ccccc1S(=O)(=O)[N-][N+](=O)[O-]. The Morgan fingerprint density at radius 3 is 2.43 bits per heavy atom. The molecule has 0 fully saturated rings. The van der Waals surface area contributed by atoms with E-state index in [2.05, 4.69) is 4.83 Å². The molecule has 1 rings (SSSR count). The quantitative estimate of drug-likeness (QED) is 0.449. The smallest absolute Gasteiger partial charge is 0.174 e. The van der Waals surface area contributed by atoms with E-state index in [-0.39, 0.29) is 10.6 Å². The first-order chi connectivity index (χ1) is 6.43. The van der Waals surface area contributed by atoms with Gasteiger partial charge in [0.25, 0.3) is 0 Å². The van der Waals surface area contributed by atoms with Gasteiger partial charge in [0.2, 0.25) is 0 Å². The van der Waals surface area contributed by atoms with Crippen LogP contribution in [0.3, 0.4) is 0 Å². The molecule has 1 aromatic carbocycles. The van der Waals surface area contributed by atoms with Gasteiger partial charge in [0.15, 0.2) is 10.0 Å². The Morgan fingerprint density at radius 2 is 1.93 bits per heavy atom. The van der Waals surface area contributed by atoms with Gasteiger partial charge in [-0.05, 0) is 17.2 Å². The summed E-state index contributed by atoms with van der Waals surface area (Å²) >= 11 is 0. The first-order valence-electron chi connectivity index (χ1n) is 3.40. The largest absolute Gasteiger partial charge is 0.398 e. The molecule has 0 saturated carbocycles. The lowest BCUT2D eigenvalue weighted by molar-refractivity contribution is -0.412. The molecule has 8 heteroatoms. The van der Waals surface area contributed by atoms with Crippen LogP contribution < -0.4 is 5.73 Å². The zero-order valence-electron chi connectivity index (χ0n) is 6.82. The fourth-order valence-corrected chi connectivity index (χ4v) is 1.73. The van der Waals surface area contributed by atoms with E-state index in [0.29, 0.717) is 0 Å². The zero-order chi connectivity index (χ0) is 10.8. The number of hydrogen-bond donors (Lipinski definition) is 1. The number of rotatable bonds is 3. The second-order valence-corrected chi connectivity index (χ2v) is 3.89. The number of benzene rings is 1. The van der Waals surface area contributed by atoms with Crippen molar-refractivity contribution in [2.75, 3.05) is 5.73 Å². The number of nitrogens with two attached hydrogens (primary N) is 1. The van der Waals surface area contributed by atoms with Gasteiger partial charge in [-0.3, -0.25) is 14.9 Å². The summed E-state index contributed by atoms with van der Waals surface area (Å²) in [7, 11) is -4.29. The number of nitrogens with zero attached hydrogens (tertiary/aromatic N) is 2. The van der Waals surface area contributed by atoms with Crippen molar-refractivity contribution in [2.24, 2.45) is 0 Å². The number of sulfonamides is 1. The molecule has 0 aromatic heterocycles. The Labute approximate surface area is 79.7 Å². The lowest BCUT2D eigenvalue weighted by Crippen LogP contribution is -2.07. The van der Waals surface area contributed by atoms with Crippen LogP contribution in [0.15, 0.2) is 29.2 Å². The first kappa shape index (κ1) is 10.3. The van der Waals surface area contributed by atoms with Crippen molar-refractivity contribution < 1.29 is 13.5 Å². The van der Waals surface area contributed by atoms with E-state index in [1.807, 2.05) is 0 Å². The van der Waals surface area contributed by atoms with Gasteiger partial charge < -0.3 is 5.73 Å². The summed E-state index contributed by atoms with van der Waals surface area (Å²) in [6.45, 7) is 0. The van der Waals surface area contributed by atoms with Crippen LogP contribution in [0.1, 0.15) is 0 Å². The highest BCUT2D eigenvalue weighted by Gasteiger charge is 2.11. The van der Waals surface area contributed by atoms with Crippen LogP contribution >= 0.6 is 0 Å². The lowest BCUT2D eigenvalue weighted by atomic mass is 10.3. The van der Waals surface area contributed by atoms with Gasteiger partial charge in [0.05, 0.1) is 4.90 Å². The van der Waals surface area contributed by atoms with E-state index in [1.165, 1.54) is 18.2 Å². The third-order valence-electron chi connectivity index (χ3n) is 1.37. The number of nitrogen functional groups attached to an aromatic ring is 1. The molecule has 0 aliphatic carbocycles. The van der Waals surface area contributed by atoms with Crippen LogP contribution in [0.5, 0.6) is 0 Å². The lowest BCUT2D eigenvalue weighted by Gasteiger charge is -2.12. The van der Waals surface area contributed by atoms with E-state index < -0.39 is 15.1 Å². The molecule has 0 saturated heterocycles. The van der Waals surface area contributed by atoms with Crippen LogP contribution in [0, 0.1) is 10.1 Å². The van der Waals surface area contributed by atoms with Crippen molar-refractivity contribution in [1.29, 1.82) is 0 Å². The molecule has 0 amide bonds. The van der Waals surface area contributed by atoms with Crippen LogP contribution in [0.4, 0.5) is 5.69 Å². The third-order valence-corrected chi connectivity index (χ3v) is 2.65. The van der Waals surface area contributed by atoms with Crippen molar-refractivity contribution in [1.82, 2.24) is 0 Å². The van der Waals surface area contributed by atoms with E-state index in [0.717, 1.165) is 6.07 Å². The molecule has 2 N–H and O–H groups in total. The van der Waals surface area contributed by atoms with Crippen LogP contribution in [0.2, 0.25) is 0 Å². The second-order valence-electron chi connectivity index (χ2n) is 2.33. The van der Waals surface area contributed by atoms with Crippen molar-refractivity contribution in [2.45, 2.75) is 4.90 Å². The van der Waals surface area contributed by atoms with E-state index in [1.54, 1.807) is 0 Å². The van der Waals surface area contributed by atoms with Gasteiger partial charge in [-0.25, -0.2) is 8.42 Å². The van der Waals surface area contributed by atoms with Crippen LogP contribution in [-0.2, 0) is 10.0 Å². The maximum absolute atomic E-state index is 11.2. The molecule has 0 unspecified atom stereocenters. The summed E-state index contributed by atoms with van der Waals surface area (Å²) in [5.74, 6) is 0. The maximum Gasteiger partial charge on any atom is 0.174 e. The van der Waals surface area contributed by atoms with Gasteiger partial charge >= 0.3 is 0 Å². The van der Waals surface area contributed by atoms with Crippen LogP contribution in [0.25, 0.3) is 4.83 Å².